The van der Waals surface area contributed by atoms with Crippen molar-refractivity contribution < 1.29 is 38.5 Å². The van der Waals surface area contributed by atoms with Crippen LogP contribution < -0.4 is 5.32 Å². The number of amides is 3. The van der Waals surface area contributed by atoms with Crippen molar-refractivity contribution in [3.63, 3.8) is 0 Å². The van der Waals surface area contributed by atoms with E-state index in [0.717, 1.165) is 20.0 Å². The molecule has 0 radical (unpaired) electrons. The second kappa shape index (κ2) is 14.9. The summed E-state index contributed by atoms with van der Waals surface area (Å²) < 4.78 is 14.6. The number of nitrogens with zero attached hydrogens (tertiary/aromatic N) is 1. The smallest absolute Gasteiger partial charge is 0.417 e. The lowest BCUT2D eigenvalue weighted by Crippen LogP contribution is -2.60. The van der Waals surface area contributed by atoms with Crippen LogP contribution in [0.2, 0.25) is 0 Å². The van der Waals surface area contributed by atoms with Gasteiger partial charge in [-0.15, -0.1) is 0 Å². The second-order valence-corrected chi connectivity index (χ2v) is 6.62. The molecule has 0 fully saturated rings. The number of hydrogen-bond acceptors (Lipinski definition) is 9. The maximum absolute atomic E-state index is 13.0. The van der Waals surface area contributed by atoms with E-state index < -0.39 is 42.3 Å². The number of hydrogen-bond donors (Lipinski definition) is 3. The molecule has 0 heterocycles. The molecule has 0 aromatic carbocycles. The average Bonchev–Trinajstić information content (AvgIpc) is 2.69. The summed E-state index contributed by atoms with van der Waals surface area (Å²) in [7, 11) is 1.06. The lowest BCUT2D eigenvalue weighted by Gasteiger charge is -2.31. The number of alkyl carbamates (subject to hydrolysis) is 1. The first-order valence-electron chi connectivity index (χ1n) is 9.54. The number of thiol groups is 1. The van der Waals surface area contributed by atoms with E-state index in [1.165, 1.54) is 6.92 Å². The molecule has 0 spiro atoms. The number of unbranched alkanes of at least 4 members (excludes halogenated alkanes) is 2. The predicted molar refractivity (Wildman–Crippen MR) is 108 cm³/mol. The van der Waals surface area contributed by atoms with E-state index in [0.29, 0.717) is 17.7 Å². The van der Waals surface area contributed by atoms with Gasteiger partial charge in [-0.2, -0.15) is 12.6 Å². The van der Waals surface area contributed by atoms with Gasteiger partial charge in [-0.1, -0.05) is 26.7 Å². The highest BCUT2D eigenvalue weighted by atomic mass is 32.1. The molecule has 11 heteroatoms. The van der Waals surface area contributed by atoms with Crippen LogP contribution in [-0.4, -0.2) is 78.3 Å². The zero-order valence-electron chi connectivity index (χ0n) is 17.4. The van der Waals surface area contributed by atoms with Crippen molar-refractivity contribution in [1.82, 2.24) is 10.2 Å². The molecule has 168 valence electrons. The Morgan fingerprint density at radius 3 is 2.07 bits per heavy atom. The fourth-order valence-electron chi connectivity index (χ4n) is 2.20. The van der Waals surface area contributed by atoms with Crippen LogP contribution in [-0.2, 0) is 23.8 Å². The van der Waals surface area contributed by atoms with Gasteiger partial charge in [0.25, 0.3) is 5.91 Å². The molecule has 0 aromatic rings. The summed E-state index contributed by atoms with van der Waals surface area (Å²) in [4.78, 5) is 50.0. The summed E-state index contributed by atoms with van der Waals surface area (Å²) in [6.07, 6.45) is -0.692. The molecule has 3 atom stereocenters. The fraction of sp³-hybridized carbons (Fsp3) is 0.778. The summed E-state index contributed by atoms with van der Waals surface area (Å²) in [5, 5.41) is 12.3. The molecule has 29 heavy (non-hydrogen) atoms. The number of esters is 1. The van der Waals surface area contributed by atoms with Gasteiger partial charge in [0.1, 0.15) is 6.04 Å². The molecular weight excluding hydrogens is 404 g/mol. The normalized spacial score (nSPS) is 13.6. The summed E-state index contributed by atoms with van der Waals surface area (Å²) in [5.74, 6) is -2.18. The average molecular weight is 437 g/mol. The molecule has 3 amide bonds. The van der Waals surface area contributed by atoms with Gasteiger partial charge < -0.3 is 24.6 Å². The predicted octanol–water partition coefficient (Wildman–Crippen LogP) is 1.50. The Morgan fingerprint density at radius 2 is 1.62 bits per heavy atom. The minimum atomic E-state index is -1.65. The first-order valence-corrected chi connectivity index (χ1v) is 10.2. The number of aliphatic hydroxyl groups excluding tert-OH is 1. The number of methoxy groups -OCH3 is 1. The molecule has 10 nitrogen and oxygen atoms in total. The van der Waals surface area contributed by atoms with Crippen LogP contribution in [0.5, 0.6) is 0 Å². The summed E-state index contributed by atoms with van der Waals surface area (Å²) in [6, 6.07) is -2.95. The molecule has 0 saturated carbocycles. The van der Waals surface area contributed by atoms with E-state index in [4.69, 9.17) is 9.47 Å². The van der Waals surface area contributed by atoms with Crippen LogP contribution in [0.4, 0.5) is 9.59 Å². The summed E-state index contributed by atoms with van der Waals surface area (Å²) in [5.41, 5.74) is 0. The maximum Gasteiger partial charge on any atom is 0.417 e. The quantitative estimate of drug-likeness (QED) is 0.182. The largest absolute Gasteiger partial charge is 0.467 e. The molecule has 2 N–H and O–H groups in total. The highest BCUT2D eigenvalue weighted by Crippen LogP contribution is 2.13. The van der Waals surface area contributed by atoms with Crippen molar-refractivity contribution in [3.8, 4) is 0 Å². The first kappa shape index (κ1) is 27.0. The highest BCUT2D eigenvalue weighted by molar-refractivity contribution is 7.80. The van der Waals surface area contributed by atoms with Crippen LogP contribution in [0.15, 0.2) is 0 Å². The van der Waals surface area contributed by atoms with Gasteiger partial charge >= 0.3 is 18.2 Å². The molecule has 0 aromatic heterocycles. The van der Waals surface area contributed by atoms with Crippen LogP contribution in [0.25, 0.3) is 0 Å². The van der Waals surface area contributed by atoms with Gasteiger partial charge in [-0.05, 0) is 19.8 Å². The molecule has 0 aliphatic heterocycles. The monoisotopic (exact) mass is 436 g/mol. The lowest BCUT2D eigenvalue weighted by atomic mass is 10.1. The zero-order valence-corrected chi connectivity index (χ0v) is 18.3. The molecule has 0 rings (SSSR count). The highest BCUT2D eigenvalue weighted by Gasteiger charge is 2.42. The van der Waals surface area contributed by atoms with E-state index in [-0.39, 0.29) is 19.0 Å². The Kier molecular flexibility index (Phi) is 13.9. The summed E-state index contributed by atoms with van der Waals surface area (Å²) >= 11 is 4.03. The van der Waals surface area contributed by atoms with Gasteiger partial charge in [0, 0.05) is 5.75 Å². The SMILES string of the molecule is CCCCOC(=O)N[C@@H](CS)C(=O)N(C(=O)OCCCC)[C@H](C(=O)OC)[C@@H](C)O. The summed E-state index contributed by atoms with van der Waals surface area (Å²) in [6.45, 7) is 5.21. The third kappa shape index (κ3) is 9.35. The molecule has 0 aliphatic carbocycles. The van der Waals surface area contributed by atoms with Crippen LogP contribution >= 0.6 is 12.6 Å². The lowest BCUT2D eigenvalue weighted by molar-refractivity contribution is -0.156. The third-order valence-corrected chi connectivity index (χ3v) is 4.20. The van der Waals surface area contributed by atoms with Crippen LogP contribution in [0, 0.1) is 0 Å². The topological polar surface area (TPSA) is 131 Å². The zero-order chi connectivity index (χ0) is 22.4. The van der Waals surface area contributed by atoms with Gasteiger partial charge in [-0.25, -0.2) is 19.3 Å². The minimum absolute atomic E-state index is 0.0187. The van der Waals surface area contributed by atoms with Crippen molar-refractivity contribution >= 4 is 36.7 Å². The van der Waals surface area contributed by atoms with Crippen molar-refractivity contribution in [2.24, 2.45) is 0 Å². The third-order valence-electron chi connectivity index (χ3n) is 3.84. The van der Waals surface area contributed by atoms with Gasteiger partial charge in [0.2, 0.25) is 0 Å². The number of nitrogens with one attached hydrogen (secondary N) is 1. The van der Waals surface area contributed by atoms with Gasteiger partial charge in [0.05, 0.1) is 26.4 Å². The molecular formula is C18H32N2O8S. The molecule has 0 saturated heterocycles. The Morgan fingerprint density at radius 1 is 1.07 bits per heavy atom. The van der Waals surface area contributed by atoms with Gasteiger partial charge in [0.15, 0.2) is 6.04 Å². The van der Waals surface area contributed by atoms with E-state index in [2.05, 4.69) is 22.7 Å². The number of aliphatic hydroxyl groups is 1. The first-order chi connectivity index (χ1) is 13.7. The molecule has 0 unspecified atom stereocenters. The Bertz CT molecular complexity index is 544. The second-order valence-electron chi connectivity index (χ2n) is 6.25. The number of ether oxygens (including phenoxy) is 3. The van der Waals surface area contributed by atoms with Crippen molar-refractivity contribution in [2.45, 2.75) is 64.6 Å². The number of carbonyl (C=O) groups is 4. The van der Waals surface area contributed by atoms with E-state index >= 15 is 0 Å². The van der Waals surface area contributed by atoms with Crippen molar-refractivity contribution in [2.75, 3.05) is 26.1 Å². The Hall–Kier alpha value is -2.01. The Balaban J connectivity index is 5.58. The standard InChI is InChI=1S/C18H32N2O8S/c1-5-7-9-27-17(24)19-13(11-29)15(22)20(18(25)28-10-8-6-2)14(12(3)21)16(23)26-4/h12-14,21,29H,5-11H2,1-4H3,(H,19,24)/t12-,13+,14+/m1/s1. The maximum atomic E-state index is 13.0. The van der Waals surface area contributed by atoms with E-state index in [1.54, 1.807) is 0 Å². The number of imide groups is 1. The van der Waals surface area contributed by atoms with E-state index in [9.17, 15) is 24.3 Å². The van der Waals surface area contributed by atoms with Crippen LogP contribution in [0.3, 0.4) is 0 Å². The van der Waals surface area contributed by atoms with Crippen LogP contribution in [0.1, 0.15) is 46.5 Å². The fourth-order valence-corrected chi connectivity index (χ4v) is 2.45. The molecule has 0 bridgehead atoms. The minimum Gasteiger partial charge on any atom is -0.467 e. The van der Waals surface area contributed by atoms with Crippen molar-refractivity contribution in [1.29, 1.82) is 0 Å². The van der Waals surface area contributed by atoms with Crippen molar-refractivity contribution in [3.05, 3.63) is 0 Å². The van der Waals surface area contributed by atoms with Gasteiger partial charge in [-0.3, -0.25) is 4.79 Å². The Labute approximate surface area is 176 Å². The number of carbonyl (C=O) groups excluding carboxylic acids is 4. The molecule has 0 aliphatic rings. The number of rotatable bonds is 12. The van der Waals surface area contributed by atoms with E-state index in [1.807, 2.05) is 13.8 Å².